The number of benzene rings is 2. The van der Waals surface area contributed by atoms with E-state index in [-0.39, 0.29) is 45.8 Å². The highest BCUT2D eigenvalue weighted by molar-refractivity contribution is 6.05. The molecule has 0 radical (unpaired) electrons. The number of phenolic OH excluding ortho intramolecular Hbond substituents is 2. The maximum Gasteiger partial charge on any atom is 0.343 e. The van der Waals surface area contributed by atoms with Crippen LogP contribution in [0.5, 0.6) is 34.5 Å². The molecule has 0 saturated heterocycles. The van der Waals surface area contributed by atoms with Crippen molar-refractivity contribution < 1.29 is 38.7 Å². The number of cyclic esters (lactones) is 1. The third-order valence-electron chi connectivity index (χ3n) is 4.31. The number of methoxy groups -OCH3 is 4. The fourth-order valence-corrected chi connectivity index (χ4v) is 2.84. The predicted octanol–water partition coefficient (Wildman–Crippen LogP) is 3.11. The van der Waals surface area contributed by atoms with Gasteiger partial charge in [-0.15, -0.1) is 0 Å². The van der Waals surface area contributed by atoms with E-state index in [2.05, 4.69) is 0 Å². The molecule has 0 aromatic heterocycles. The minimum absolute atomic E-state index is 0.134. The van der Waals surface area contributed by atoms with E-state index < -0.39 is 5.97 Å². The zero-order chi connectivity index (χ0) is 21.1. The predicted molar refractivity (Wildman–Crippen MR) is 104 cm³/mol. The van der Waals surface area contributed by atoms with E-state index in [4.69, 9.17) is 23.7 Å². The lowest BCUT2D eigenvalue weighted by atomic mass is 10.1. The molecular formula is C21H20O8. The van der Waals surface area contributed by atoms with Crippen LogP contribution in [0.4, 0.5) is 0 Å². The zero-order valence-electron chi connectivity index (χ0n) is 16.3. The molecule has 0 atom stereocenters. The summed E-state index contributed by atoms with van der Waals surface area (Å²) >= 11 is 0. The Labute approximate surface area is 167 Å². The van der Waals surface area contributed by atoms with Crippen molar-refractivity contribution in [3.8, 4) is 34.5 Å². The van der Waals surface area contributed by atoms with Crippen LogP contribution in [0.1, 0.15) is 11.1 Å². The molecule has 2 aromatic carbocycles. The average Bonchev–Trinajstić information content (AvgIpc) is 3.09. The summed E-state index contributed by atoms with van der Waals surface area (Å²) in [4.78, 5) is 12.3. The van der Waals surface area contributed by atoms with Crippen molar-refractivity contribution in [2.45, 2.75) is 0 Å². The standard InChI is InChI=1S/C21H20O8/c1-25-15-6-11(7-16(26-2)19(15)22)5-13-10-14(29-21(13)24)12-8-17(27-3)20(23)18(9-12)28-4/h5-10,22-23H,1-4H3/b13-5+. The molecule has 0 bridgehead atoms. The molecule has 1 aliphatic heterocycles. The average molecular weight is 400 g/mol. The summed E-state index contributed by atoms with van der Waals surface area (Å²) in [7, 11) is 5.65. The van der Waals surface area contributed by atoms with Gasteiger partial charge in [-0.05, 0) is 42.0 Å². The van der Waals surface area contributed by atoms with Crippen molar-refractivity contribution in [1.82, 2.24) is 0 Å². The van der Waals surface area contributed by atoms with Gasteiger partial charge in [0.1, 0.15) is 5.76 Å². The topological polar surface area (TPSA) is 104 Å². The molecular weight excluding hydrogens is 380 g/mol. The summed E-state index contributed by atoms with van der Waals surface area (Å²) in [5, 5.41) is 20.1. The number of hydrogen-bond acceptors (Lipinski definition) is 8. The van der Waals surface area contributed by atoms with E-state index in [9.17, 15) is 15.0 Å². The number of rotatable bonds is 6. The number of carbonyl (C=O) groups is 1. The minimum Gasteiger partial charge on any atom is -0.502 e. The molecule has 0 unspecified atom stereocenters. The lowest BCUT2D eigenvalue weighted by Crippen LogP contribution is -1.98. The van der Waals surface area contributed by atoms with Crippen LogP contribution in [0, 0.1) is 0 Å². The maximum atomic E-state index is 12.3. The summed E-state index contributed by atoms with van der Waals surface area (Å²) in [6.07, 6.45) is 3.13. The Morgan fingerprint density at radius 1 is 0.793 bits per heavy atom. The molecule has 8 heteroatoms. The van der Waals surface area contributed by atoms with E-state index in [0.29, 0.717) is 11.1 Å². The first-order valence-corrected chi connectivity index (χ1v) is 8.47. The van der Waals surface area contributed by atoms with Gasteiger partial charge in [0.15, 0.2) is 23.0 Å². The smallest absolute Gasteiger partial charge is 0.343 e. The second-order valence-electron chi connectivity index (χ2n) is 6.00. The van der Waals surface area contributed by atoms with Crippen LogP contribution in [0.15, 0.2) is 35.9 Å². The Hall–Kier alpha value is -3.81. The number of hydrogen-bond donors (Lipinski definition) is 2. The Balaban J connectivity index is 2.03. The highest BCUT2D eigenvalue weighted by Gasteiger charge is 2.24. The van der Waals surface area contributed by atoms with Gasteiger partial charge in [-0.25, -0.2) is 4.79 Å². The second kappa shape index (κ2) is 8.05. The van der Waals surface area contributed by atoms with Crippen LogP contribution < -0.4 is 18.9 Å². The molecule has 29 heavy (non-hydrogen) atoms. The Morgan fingerprint density at radius 2 is 1.24 bits per heavy atom. The number of aromatic hydroxyl groups is 2. The fourth-order valence-electron chi connectivity index (χ4n) is 2.84. The number of ether oxygens (including phenoxy) is 5. The lowest BCUT2D eigenvalue weighted by Gasteiger charge is -2.11. The van der Waals surface area contributed by atoms with Gasteiger partial charge in [-0.3, -0.25) is 0 Å². The molecule has 1 heterocycles. The van der Waals surface area contributed by atoms with Gasteiger partial charge in [0.25, 0.3) is 0 Å². The normalized spacial score (nSPS) is 14.4. The summed E-state index contributed by atoms with van der Waals surface area (Å²) in [6.45, 7) is 0. The fraction of sp³-hybridized carbons (Fsp3) is 0.190. The van der Waals surface area contributed by atoms with Gasteiger partial charge >= 0.3 is 5.97 Å². The van der Waals surface area contributed by atoms with Crippen molar-refractivity contribution in [2.24, 2.45) is 0 Å². The first-order valence-electron chi connectivity index (χ1n) is 8.47. The highest BCUT2D eigenvalue weighted by Crippen LogP contribution is 2.41. The van der Waals surface area contributed by atoms with Crippen LogP contribution in [0.2, 0.25) is 0 Å². The molecule has 2 N–H and O–H groups in total. The number of carbonyl (C=O) groups excluding carboxylic acids is 1. The Bertz CT molecular complexity index is 969. The van der Waals surface area contributed by atoms with Gasteiger partial charge in [0.2, 0.25) is 11.5 Å². The summed E-state index contributed by atoms with van der Waals surface area (Å²) < 4.78 is 25.9. The van der Waals surface area contributed by atoms with E-state index in [1.807, 2.05) is 0 Å². The molecule has 2 aromatic rings. The van der Waals surface area contributed by atoms with Crippen molar-refractivity contribution in [3.05, 3.63) is 47.0 Å². The van der Waals surface area contributed by atoms with Crippen LogP contribution in [0.3, 0.4) is 0 Å². The van der Waals surface area contributed by atoms with Crippen molar-refractivity contribution in [2.75, 3.05) is 28.4 Å². The summed E-state index contributed by atoms with van der Waals surface area (Å²) in [5.41, 5.74) is 1.34. The van der Waals surface area contributed by atoms with Crippen LogP contribution in [-0.2, 0) is 9.53 Å². The van der Waals surface area contributed by atoms with Gasteiger partial charge in [0, 0.05) is 5.56 Å². The third kappa shape index (κ3) is 3.77. The van der Waals surface area contributed by atoms with Crippen LogP contribution in [-0.4, -0.2) is 44.6 Å². The molecule has 1 aliphatic rings. The van der Waals surface area contributed by atoms with Gasteiger partial charge in [-0.2, -0.15) is 0 Å². The first kappa shape index (κ1) is 19.9. The molecule has 0 fully saturated rings. The van der Waals surface area contributed by atoms with E-state index in [0.717, 1.165) is 0 Å². The van der Waals surface area contributed by atoms with E-state index in [1.165, 1.54) is 40.6 Å². The van der Waals surface area contributed by atoms with Crippen LogP contribution in [0.25, 0.3) is 11.8 Å². The quantitative estimate of drug-likeness (QED) is 0.563. The van der Waals surface area contributed by atoms with Crippen LogP contribution >= 0.6 is 0 Å². The van der Waals surface area contributed by atoms with Crippen molar-refractivity contribution >= 4 is 17.8 Å². The minimum atomic E-state index is -0.558. The largest absolute Gasteiger partial charge is 0.502 e. The molecule has 0 saturated carbocycles. The monoisotopic (exact) mass is 400 g/mol. The first-order chi connectivity index (χ1) is 13.9. The Morgan fingerprint density at radius 3 is 1.69 bits per heavy atom. The van der Waals surface area contributed by atoms with Crippen molar-refractivity contribution in [1.29, 1.82) is 0 Å². The zero-order valence-corrected chi connectivity index (χ0v) is 16.3. The van der Waals surface area contributed by atoms with E-state index >= 15 is 0 Å². The molecule has 0 spiro atoms. The van der Waals surface area contributed by atoms with Gasteiger partial charge in [0.05, 0.1) is 34.0 Å². The summed E-state index contributed by atoms with van der Waals surface area (Å²) in [6, 6.07) is 6.20. The highest BCUT2D eigenvalue weighted by atomic mass is 16.5. The summed E-state index contributed by atoms with van der Waals surface area (Å²) in [5.74, 6) is 0.212. The van der Waals surface area contributed by atoms with Gasteiger partial charge < -0.3 is 33.9 Å². The lowest BCUT2D eigenvalue weighted by molar-refractivity contribution is -0.130. The SMILES string of the molecule is COc1cc(/C=C2\C=C(c3cc(OC)c(O)c(OC)c3)OC2=O)cc(OC)c1O. The molecule has 3 rings (SSSR count). The van der Waals surface area contributed by atoms with Gasteiger partial charge in [-0.1, -0.05) is 0 Å². The Kier molecular flexibility index (Phi) is 5.54. The number of phenols is 2. The maximum absolute atomic E-state index is 12.3. The molecule has 8 nitrogen and oxygen atoms in total. The third-order valence-corrected chi connectivity index (χ3v) is 4.31. The second-order valence-corrected chi connectivity index (χ2v) is 6.00. The molecule has 152 valence electrons. The number of esters is 1. The van der Waals surface area contributed by atoms with E-state index in [1.54, 1.807) is 24.3 Å². The molecule has 0 amide bonds. The molecule has 0 aliphatic carbocycles. The van der Waals surface area contributed by atoms with Crippen molar-refractivity contribution in [3.63, 3.8) is 0 Å².